The fourth-order valence-electron chi connectivity index (χ4n) is 1.98. The van der Waals surface area contributed by atoms with Crippen LogP contribution in [0.15, 0.2) is 12.3 Å². The van der Waals surface area contributed by atoms with Crippen LogP contribution in [0.25, 0.3) is 0 Å². The smallest absolute Gasteiger partial charge is 0.352 e. The van der Waals surface area contributed by atoms with Crippen LogP contribution in [0.2, 0.25) is 0 Å². The van der Waals surface area contributed by atoms with E-state index in [0.29, 0.717) is 17.2 Å². The molecule has 1 aromatic heterocycles. The second-order valence-electron chi connectivity index (χ2n) is 3.84. The molecule has 0 unspecified atom stereocenters. The summed E-state index contributed by atoms with van der Waals surface area (Å²) in [5.41, 5.74) is 0.335. The molecule has 0 spiro atoms. The number of carboxylic acids is 1. The average molecular weight is 353 g/mol. The van der Waals surface area contributed by atoms with Crippen LogP contribution in [-0.4, -0.2) is 31.4 Å². The van der Waals surface area contributed by atoms with Gasteiger partial charge in [0.2, 0.25) is 0 Å². The van der Waals surface area contributed by atoms with Crippen LogP contribution in [-0.2, 0) is 10.8 Å². The van der Waals surface area contributed by atoms with Crippen molar-refractivity contribution in [1.29, 1.82) is 0 Å². The molecular weight excluding hydrogens is 341 g/mol. The minimum atomic E-state index is -0.894. The van der Waals surface area contributed by atoms with Crippen LogP contribution in [0, 0.1) is 3.57 Å². The maximum atomic E-state index is 11.2. The Morgan fingerprint density at radius 3 is 2.69 bits per heavy atom. The Hall–Kier alpha value is -0.370. The lowest BCUT2D eigenvalue weighted by molar-refractivity contribution is 0.0682. The molecule has 6 heteroatoms. The maximum absolute atomic E-state index is 11.2. The Bertz CT molecular complexity index is 433. The van der Waals surface area contributed by atoms with Crippen LogP contribution < -0.4 is 0 Å². The molecule has 1 aliphatic rings. The molecule has 0 amide bonds. The first-order chi connectivity index (χ1) is 7.58. The van der Waals surface area contributed by atoms with Crippen molar-refractivity contribution in [3.8, 4) is 0 Å². The van der Waals surface area contributed by atoms with Gasteiger partial charge in [-0.3, -0.25) is 4.21 Å². The Labute approximate surface area is 110 Å². The van der Waals surface area contributed by atoms with Crippen LogP contribution in [0.5, 0.6) is 0 Å². The molecule has 0 bridgehead atoms. The van der Waals surface area contributed by atoms with E-state index in [4.69, 9.17) is 5.11 Å². The second kappa shape index (κ2) is 4.87. The number of carbonyl (C=O) groups is 1. The van der Waals surface area contributed by atoms with Gasteiger partial charge in [0, 0.05) is 38.1 Å². The number of aromatic carboxylic acids is 1. The van der Waals surface area contributed by atoms with E-state index in [1.54, 1.807) is 6.07 Å². The highest BCUT2D eigenvalue weighted by molar-refractivity contribution is 14.1. The van der Waals surface area contributed by atoms with E-state index in [-0.39, 0.29) is 6.04 Å². The van der Waals surface area contributed by atoms with Crippen LogP contribution in [0.3, 0.4) is 0 Å². The minimum Gasteiger partial charge on any atom is -0.477 e. The molecule has 2 rings (SSSR count). The summed E-state index contributed by atoms with van der Waals surface area (Å²) < 4.78 is 14.0. The highest BCUT2D eigenvalue weighted by Crippen LogP contribution is 2.26. The molecule has 1 saturated heterocycles. The van der Waals surface area contributed by atoms with Crippen molar-refractivity contribution >= 4 is 39.4 Å². The zero-order chi connectivity index (χ0) is 11.7. The van der Waals surface area contributed by atoms with Crippen molar-refractivity contribution < 1.29 is 14.1 Å². The molecule has 1 N–H and O–H groups in total. The summed E-state index contributed by atoms with van der Waals surface area (Å²) in [5.74, 6) is 0.464. The number of hydrogen-bond donors (Lipinski definition) is 1. The lowest BCUT2D eigenvalue weighted by Crippen LogP contribution is -2.23. The number of rotatable bonds is 2. The van der Waals surface area contributed by atoms with E-state index in [0.717, 1.165) is 16.4 Å². The molecule has 0 aromatic carbocycles. The normalized spacial score (nSPS) is 25.6. The SMILES string of the molecule is O=C(O)c1cc(I)cn1C1CCS(=O)CC1. The summed E-state index contributed by atoms with van der Waals surface area (Å²) in [4.78, 5) is 11.1. The Morgan fingerprint density at radius 1 is 1.50 bits per heavy atom. The van der Waals surface area contributed by atoms with Gasteiger partial charge in [0.25, 0.3) is 0 Å². The Kier molecular flexibility index (Phi) is 3.68. The van der Waals surface area contributed by atoms with Crippen molar-refractivity contribution in [3.05, 3.63) is 21.5 Å². The number of carboxylic acid groups (broad SMARTS) is 1. The van der Waals surface area contributed by atoms with E-state index in [2.05, 4.69) is 22.6 Å². The third kappa shape index (κ3) is 2.48. The second-order valence-corrected chi connectivity index (χ2v) is 6.78. The molecule has 0 radical (unpaired) electrons. The first kappa shape index (κ1) is 12.1. The highest BCUT2D eigenvalue weighted by Gasteiger charge is 2.23. The monoisotopic (exact) mass is 353 g/mol. The zero-order valence-electron chi connectivity index (χ0n) is 8.56. The molecule has 88 valence electrons. The highest BCUT2D eigenvalue weighted by atomic mass is 127. The summed E-state index contributed by atoms with van der Waals surface area (Å²) in [6, 6.07) is 1.86. The third-order valence-corrected chi connectivity index (χ3v) is 4.76. The van der Waals surface area contributed by atoms with Crippen LogP contribution in [0.4, 0.5) is 0 Å². The molecule has 2 heterocycles. The zero-order valence-corrected chi connectivity index (χ0v) is 11.5. The van der Waals surface area contributed by atoms with Gasteiger partial charge in [0.15, 0.2) is 0 Å². The van der Waals surface area contributed by atoms with Crippen molar-refractivity contribution in [1.82, 2.24) is 4.57 Å². The largest absolute Gasteiger partial charge is 0.477 e. The minimum absolute atomic E-state index is 0.187. The molecule has 0 aliphatic carbocycles. The van der Waals surface area contributed by atoms with Gasteiger partial charge < -0.3 is 9.67 Å². The van der Waals surface area contributed by atoms with Crippen LogP contribution in [0.1, 0.15) is 29.4 Å². The topological polar surface area (TPSA) is 59.3 Å². The summed E-state index contributed by atoms with van der Waals surface area (Å²) in [6.07, 6.45) is 3.47. The van der Waals surface area contributed by atoms with Gasteiger partial charge >= 0.3 is 5.97 Å². The van der Waals surface area contributed by atoms with Gasteiger partial charge in [-0.1, -0.05) is 0 Å². The quantitative estimate of drug-likeness (QED) is 0.826. The molecule has 1 aliphatic heterocycles. The number of aromatic nitrogens is 1. The predicted octanol–water partition coefficient (Wildman–Crippen LogP) is 1.87. The Morgan fingerprint density at radius 2 is 2.12 bits per heavy atom. The van der Waals surface area contributed by atoms with Crippen molar-refractivity contribution in [2.24, 2.45) is 0 Å². The van der Waals surface area contributed by atoms with E-state index >= 15 is 0 Å². The first-order valence-corrected chi connectivity index (χ1v) is 7.60. The van der Waals surface area contributed by atoms with Gasteiger partial charge in [0.1, 0.15) is 5.69 Å². The van der Waals surface area contributed by atoms with Crippen molar-refractivity contribution in [2.75, 3.05) is 11.5 Å². The molecular formula is C10H12INO3S. The number of nitrogens with zero attached hydrogens (tertiary/aromatic N) is 1. The lowest BCUT2D eigenvalue weighted by atomic mass is 10.1. The van der Waals surface area contributed by atoms with Gasteiger partial charge in [-0.05, 0) is 41.5 Å². The standard InChI is InChI=1S/C10H12INO3S/c11-7-5-9(10(13)14)12(6-7)8-1-3-16(15)4-2-8/h5-6,8H,1-4H2,(H,13,14). The van der Waals surface area contributed by atoms with Crippen molar-refractivity contribution in [2.45, 2.75) is 18.9 Å². The average Bonchev–Trinajstić information content (AvgIpc) is 2.61. The molecule has 1 aromatic rings. The fraction of sp³-hybridized carbons (Fsp3) is 0.500. The lowest BCUT2D eigenvalue weighted by Gasteiger charge is -2.24. The van der Waals surface area contributed by atoms with E-state index in [1.165, 1.54) is 0 Å². The van der Waals surface area contributed by atoms with Gasteiger partial charge in [-0.25, -0.2) is 4.79 Å². The maximum Gasteiger partial charge on any atom is 0.352 e. The summed E-state index contributed by atoms with van der Waals surface area (Å²) in [5, 5.41) is 9.08. The predicted molar refractivity (Wildman–Crippen MR) is 70.3 cm³/mol. The fourth-order valence-corrected chi connectivity index (χ4v) is 3.85. The molecule has 0 atom stereocenters. The molecule has 4 nitrogen and oxygen atoms in total. The summed E-state index contributed by atoms with van der Waals surface area (Å²) in [6.45, 7) is 0. The van der Waals surface area contributed by atoms with Crippen molar-refractivity contribution in [3.63, 3.8) is 0 Å². The number of hydrogen-bond acceptors (Lipinski definition) is 2. The van der Waals surface area contributed by atoms with E-state index in [1.807, 2.05) is 10.8 Å². The molecule has 16 heavy (non-hydrogen) atoms. The van der Waals surface area contributed by atoms with Crippen LogP contribution >= 0.6 is 22.6 Å². The Balaban J connectivity index is 2.26. The van der Waals surface area contributed by atoms with Gasteiger partial charge in [-0.2, -0.15) is 0 Å². The van der Waals surface area contributed by atoms with Gasteiger partial charge in [0.05, 0.1) is 0 Å². The summed E-state index contributed by atoms with van der Waals surface area (Å²) in [7, 11) is -0.708. The van der Waals surface area contributed by atoms with Gasteiger partial charge in [-0.15, -0.1) is 0 Å². The molecule has 0 saturated carbocycles. The summed E-state index contributed by atoms with van der Waals surface area (Å²) >= 11 is 2.12. The first-order valence-electron chi connectivity index (χ1n) is 5.03. The number of halogens is 1. The van der Waals surface area contributed by atoms with E-state index in [9.17, 15) is 9.00 Å². The third-order valence-electron chi connectivity index (χ3n) is 2.79. The van der Waals surface area contributed by atoms with E-state index < -0.39 is 16.8 Å². The molecule has 1 fully saturated rings.